The zero-order chi connectivity index (χ0) is 14.8. The summed E-state index contributed by atoms with van der Waals surface area (Å²) in [6, 6.07) is 6.20. The molecule has 0 radical (unpaired) electrons. The van der Waals surface area contributed by atoms with Crippen LogP contribution in [-0.2, 0) is 25.6 Å². The van der Waals surface area contributed by atoms with E-state index in [4.69, 9.17) is 0 Å². The molecule has 0 aromatic heterocycles. The van der Waals surface area contributed by atoms with Gasteiger partial charge in [0.15, 0.2) is 9.84 Å². The Hall–Kier alpha value is -0.570. The summed E-state index contributed by atoms with van der Waals surface area (Å²) in [6.45, 7) is 0. The fourth-order valence-electron chi connectivity index (χ4n) is 2.14. The number of nitrogens with one attached hydrogen (secondary N) is 1. The highest BCUT2D eigenvalue weighted by molar-refractivity contribution is 7.97. The second-order valence-corrected chi connectivity index (χ2v) is 9.61. The first-order valence-electron chi connectivity index (χ1n) is 6.13. The van der Waals surface area contributed by atoms with Gasteiger partial charge in [0.2, 0.25) is 10.0 Å². The molecule has 20 heavy (non-hydrogen) atoms. The SMILES string of the molecule is CSCc1cccc(S(=O)(=O)NC2CCS(=O)(=O)C2)c1. The van der Waals surface area contributed by atoms with Crippen molar-refractivity contribution in [1.82, 2.24) is 4.72 Å². The standard InChI is InChI=1S/C12H17NO4S3/c1-18-8-10-3-2-4-12(7-10)20(16,17)13-11-5-6-19(14,15)9-11/h2-4,7,11,13H,5-6,8-9H2,1H3. The maximum absolute atomic E-state index is 12.2. The van der Waals surface area contributed by atoms with Gasteiger partial charge in [0, 0.05) is 11.8 Å². The quantitative estimate of drug-likeness (QED) is 0.869. The molecule has 8 heteroatoms. The molecule has 1 aliphatic rings. The lowest BCUT2D eigenvalue weighted by Gasteiger charge is -2.12. The van der Waals surface area contributed by atoms with Crippen LogP contribution in [0.2, 0.25) is 0 Å². The normalized spacial score (nSPS) is 21.9. The molecule has 0 spiro atoms. The third-order valence-electron chi connectivity index (χ3n) is 3.07. The molecule has 5 nitrogen and oxygen atoms in total. The number of hydrogen-bond donors (Lipinski definition) is 1. The highest BCUT2D eigenvalue weighted by Gasteiger charge is 2.31. The molecule has 1 heterocycles. The van der Waals surface area contributed by atoms with Crippen LogP contribution in [0, 0.1) is 0 Å². The second kappa shape index (κ2) is 6.05. The monoisotopic (exact) mass is 335 g/mol. The van der Waals surface area contributed by atoms with Crippen molar-refractivity contribution in [3.8, 4) is 0 Å². The third-order valence-corrected chi connectivity index (χ3v) is 6.98. The van der Waals surface area contributed by atoms with Crippen LogP contribution in [0.15, 0.2) is 29.2 Å². The predicted octanol–water partition coefficient (Wildman–Crippen LogP) is 1.01. The van der Waals surface area contributed by atoms with Crippen molar-refractivity contribution in [1.29, 1.82) is 0 Å². The zero-order valence-electron chi connectivity index (χ0n) is 11.1. The van der Waals surface area contributed by atoms with Crippen LogP contribution >= 0.6 is 11.8 Å². The van der Waals surface area contributed by atoms with Crippen molar-refractivity contribution in [2.45, 2.75) is 23.1 Å². The fourth-order valence-corrected chi connectivity index (χ4v) is 5.78. The molecule has 0 saturated carbocycles. The van der Waals surface area contributed by atoms with E-state index in [1.165, 1.54) is 6.07 Å². The van der Waals surface area contributed by atoms with Crippen LogP contribution in [0.3, 0.4) is 0 Å². The van der Waals surface area contributed by atoms with Crippen molar-refractivity contribution < 1.29 is 16.8 Å². The Morgan fingerprint density at radius 3 is 2.75 bits per heavy atom. The van der Waals surface area contributed by atoms with E-state index in [1.807, 2.05) is 12.3 Å². The summed E-state index contributed by atoms with van der Waals surface area (Å²) in [5, 5.41) is 0. The van der Waals surface area contributed by atoms with Crippen LogP contribution in [0.4, 0.5) is 0 Å². The van der Waals surface area contributed by atoms with Gasteiger partial charge >= 0.3 is 0 Å². The van der Waals surface area contributed by atoms with E-state index >= 15 is 0 Å². The second-order valence-electron chi connectivity index (χ2n) is 4.80. The number of rotatable bonds is 5. The van der Waals surface area contributed by atoms with Gasteiger partial charge in [-0.2, -0.15) is 11.8 Å². The summed E-state index contributed by atoms with van der Waals surface area (Å²) in [5.74, 6) is 0.671. The molecule has 1 aromatic rings. The summed E-state index contributed by atoms with van der Waals surface area (Å²) in [4.78, 5) is 0.188. The van der Waals surface area contributed by atoms with Crippen LogP contribution in [-0.4, -0.2) is 40.6 Å². The predicted molar refractivity (Wildman–Crippen MR) is 81.0 cm³/mol. The van der Waals surface area contributed by atoms with Crippen molar-refractivity contribution in [2.75, 3.05) is 17.8 Å². The largest absolute Gasteiger partial charge is 0.240 e. The van der Waals surface area contributed by atoms with E-state index < -0.39 is 25.9 Å². The summed E-state index contributed by atoms with van der Waals surface area (Å²) in [7, 11) is -6.76. The fraction of sp³-hybridized carbons (Fsp3) is 0.500. The first kappa shape index (κ1) is 15.8. The van der Waals surface area contributed by atoms with E-state index in [0.29, 0.717) is 6.42 Å². The van der Waals surface area contributed by atoms with Gasteiger partial charge in [-0.05, 0) is 30.4 Å². The van der Waals surface area contributed by atoms with Crippen LogP contribution in [0.25, 0.3) is 0 Å². The molecule has 1 fully saturated rings. The van der Waals surface area contributed by atoms with Crippen LogP contribution in [0.5, 0.6) is 0 Å². The molecule has 1 saturated heterocycles. The minimum absolute atomic E-state index is 0.0483. The molecule has 0 aliphatic carbocycles. The summed E-state index contributed by atoms with van der Waals surface area (Å²) < 4.78 is 49.7. The molecular formula is C12H17NO4S3. The van der Waals surface area contributed by atoms with Crippen LogP contribution in [0.1, 0.15) is 12.0 Å². The summed E-state index contributed by atoms with van der Waals surface area (Å²) in [6.07, 6.45) is 2.29. The first-order valence-corrected chi connectivity index (χ1v) is 10.8. The molecule has 2 rings (SSSR count). The van der Waals surface area contributed by atoms with Crippen molar-refractivity contribution in [2.24, 2.45) is 0 Å². The topological polar surface area (TPSA) is 80.3 Å². The highest BCUT2D eigenvalue weighted by atomic mass is 32.2. The number of sulfone groups is 1. The molecule has 112 valence electrons. The number of sulfonamides is 1. The van der Waals surface area contributed by atoms with Crippen molar-refractivity contribution in [3.63, 3.8) is 0 Å². The molecular weight excluding hydrogens is 318 g/mol. The van der Waals surface area contributed by atoms with E-state index in [2.05, 4.69) is 4.72 Å². The minimum Gasteiger partial charge on any atom is -0.229 e. The lowest BCUT2D eigenvalue weighted by atomic mass is 10.2. The smallest absolute Gasteiger partial charge is 0.229 e. The molecule has 1 aromatic carbocycles. The Bertz CT molecular complexity index is 682. The minimum atomic E-state index is -3.66. The van der Waals surface area contributed by atoms with Gasteiger partial charge in [-0.25, -0.2) is 21.6 Å². The van der Waals surface area contributed by atoms with Gasteiger partial charge in [-0.15, -0.1) is 0 Å². The van der Waals surface area contributed by atoms with Crippen molar-refractivity contribution >= 4 is 31.6 Å². The average molecular weight is 335 g/mol. The van der Waals surface area contributed by atoms with Gasteiger partial charge in [0.25, 0.3) is 0 Å². The average Bonchev–Trinajstić information content (AvgIpc) is 2.69. The van der Waals surface area contributed by atoms with Crippen LogP contribution < -0.4 is 4.72 Å². The third kappa shape index (κ3) is 3.97. The number of thioether (sulfide) groups is 1. The lowest BCUT2D eigenvalue weighted by Crippen LogP contribution is -2.35. The number of benzene rings is 1. The highest BCUT2D eigenvalue weighted by Crippen LogP contribution is 2.18. The Kier molecular flexibility index (Phi) is 4.78. The van der Waals surface area contributed by atoms with Crippen molar-refractivity contribution in [3.05, 3.63) is 29.8 Å². The Balaban J connectivity index is 2.16. The molecule has 1 aliphatic heterocycles. The maximum atomic E-state index is 12.2. The van der Waals surface area contributed by atoms with E-state index in [0.717, 1.165) is 11.3 Å². The molecule has 0 amide bonds. The molecule has 0 bridgehead atoms. The molecule has 1 atom stereocenters. The Morgan fingerprint density at radius 2 is 2.15 bits per heavy atom. The van der Waals surface area contributed by atoms with Gasteiger partial charge in [-0.3, -0.25) is 0 Å². The Labute approximate surface area is 124 Å². The van der Waals surface area contributed by atoms with E-state index in [1.54, 1.807) is 23.9 Å². The lowest BCUT2D eigenvalue weighted by molar-refractivity contribution is 0.562. The Morgan fingerprint density at radius 1 is 1.40 bits per heavy atom. The molecule has 1 unspecified atom stereocenters. The van der Waals surface area contributed by atoms with Gasteiger partial charge in [0.1, 0.15) is 0 Å². The maximum Gasteiger partial charge on any atom is 0.240 e. The first-order chi connectivity index (χ1) is 9.32. The zero-order valence-corrected chi connectivity index (χ0v) is 13.5. The summed E-state index contributed by atoms with van der Waals surface area (Å²) >= 11 is 1.61. The van der Waals surface area contributed by atoms with Gasteiger partial charge in [0.05, 0.1) is 16.4 Å². The summed E-state index contributed by atoms with van der Waals surface area (Å²) in [5.41, 5.74) is 0.930. The molecule has 1 N–H and O–H groups in total. The van der Waals surface area contributed by atoms with E-state index in [-0.39, 0.29) is 16.4 Å². The van der Waals surface area contributed by atoms with Gasteiger partial charge < -0.3 is 0 Å². The van der Waals surface area contributed by atoms with Gasteiger partial charge in [-0.1, -0.05) is 12.1 Å². The number of hydrogen-bond acceptors (Lipinski definition) is 5. The van der Waals surface area contributed by atoms with E-state index in [9.17, 15) is 16.8 Å².